The lowest BCUT2D eigenvalue weighted by atomic mass is 9.99. The summed E-state index contributed by atoms with van der Waals surface area (Å²) in [6, 6.07) is 3.90. The molecule has 4 rings (SSSR count). The van der Waals surface area contributed by atoms with Crippen LogP contribution in [0.4, 0.5) is 0 Å². The third-order valence-corrected chi connectivity index (χ3v) is 5.80. The molecule has 0 saturated carbocycles. The molecule has 10 heteroatoms. The van der Waals surface area contributed by atoms with E-state index >= 15 is 0 Å². The Morgan fingerprint density at radius 2 is 2.06 bits per heavy atom. The number of rotatable bonds is 4. The number of pyridine rings is 2. The first-order valence-corrected chi connectivity index (χ1v) is 9.92. The van der Waals surface area contributed by atoms with Crippen molar-refractivity contribution in [3.8, 4) is 0 Å². The summed E-state index contributed by atoms with van der Waals surface area (Å²) in [5.41, 5.74) is 4.31. The maximum Gasteiger partial charge on any atom is 0.273 e. The number of nitrogens with one attached hydrogen (secondary N) is 2. The highest BCUT2D eigenvalue weighted by Gasteiger charge is 2.28. The largest absolute Gasteiger partial charge is 0.333 e. The number of piperazine rings is 1. The number of aromatic amines is 1. The molecule has 4 heterocycles. The van der Waals surface area contributed by atoms with Crippen molar-refractivity contribution in [2.75, 3.05) is 19.6 Å². The van der Waals surface area contributed by atoms with Crippen LogP contribution in [0.3, 0.4) is 0 Å². The smallest absolute Gasteiger partial charge is 0.273 e. The van der Waals surface area contributed by atoms with Crippen molar-refractivity contribution < 1.29 is 4.79 Å². The number of H-pyrrole nitrogens is 1. The van der Waals surface area contributed by atoms with Gasteiger partial charge in [-0.05, 0) is 43.0 Å². The molecule has 0 bridgehead atoms. The second kappa shape index (κ2) is 10.3. The highest BCUT2D eigenvalue weighted by molar-refractivity contribution is 5.85. The first-order chi connectivity index (χ1) is 14.0. The van der Waals surface area contributed by atoms with Crippen LogP contribution in [0, 0.1) is 13.8 Å². The van der Waals surface area contributed by atoms with Crippen molar-refractivity contribution in [1.82, 2.24) is 30.0 Å². The highest BCUT2D eigenvalue weighted by atomic mass is 35.5. The van der Waals surface area contributed by atoms with Gasteiger partial charge in [-0.25, -0.2) is 4.98 Å². The summed E-state index contributed by atoms with van der Waals surface area (Å²) in [5.74, 6) is 0.112. The minimum atomic E-state index is -0.140. The van der Waals surface area contributed by atoms with Crippen LogP contribution in [0.15, 0.2) is 29.3 Å². The summed E-state index contributed by atoms with van der Waals surface area (Å²) in [5, 5.41) is 6.74. The lowest BCUT2D eigenvalue weighted by Gasteiger charge is -2.36. The van der Waals surface area contributed by atoms with Crippen molar-refractivity contribution in [2.45, 2.75) is 32.7 Å². The van der Waals surface area contributed by atoms with E-state index in [1.807, 2.05) is 37.1 Å². The first kappa shape index (κ1) is 24.8. The Balaban J connectivity index is 0.00000171. The summed E-state index contributed by atoms with van der Waals surface area (Å²) in [7, 11) is 1.78. The molecule has 1 aliphatic rings. The minimum Gasteiger partial charge on any atom is -0.333 e. The van der Waals surface area contributed by atoms with Gasteiger partial charge < -0.3 is 10.2 Å². The van der Waals surface area contributed by atoms with Crippen LogP contribution in [0.2, 0.25) is 0 Å². The molecule has 1 saturated heterocycles. The van der Waals surface area contributed by atoms with E-state index in [2.05, 4.69) is 20.4 Å². The number of halogens is 2. The number of hydrogen-bond acceptors (Lipinski definition) is 5. The van der Waals surface area contributed by atoms with Gasteiger partial charge in [-0.2, -0.15) is 0 Å². The van der Waals surface area contributed by atoms with Crippen molar-refractivity contribution in [1.29, 1.82) is 0 Å². The predicted octanol–water partition coefficient (Wildman–Crippen LogP) is 2.22. The van der Waals surface area contributed by atoms with Gasteiger partial charge in [-0.15, -0.1) is 24.8 Å². The second-order valence-electron chi connectivity index (χ2n) is 7.59. The number of carbonyl (C=O) groups excluding carboxylic acids is 1. The normalized spacial score (nSPS) is 16.0. The molecule has 168 valence electrons. The topological polar surface area (TPSA) is 95.9 Å². The monoisotopic (exact) mass is 466 g/mol. The van der Waals surface area contributed by atoms with Gasteiger partial charge in [-0.1, -0.05) is 6.07 Å². The fourth-order valence-electron chi connectivity index (χ4n) is 4.27. The number of hydrogen-bond donors (Lipinski definition) is 2. The first-order valence-electron chi connectivity index (χ1n) is 9.92. The molecule has 0 radical (unpaired) electrons. The van der Waals surface area contributed by atoms with Crippen molar-refractivity contribution in [3.63, 3.8) is 0 Å². The van der Waals surface area contributed by atoms with Gasteiger partial charge in [0.1, 0.15) is 0 Å². The third-order valence-electron chi connectivity index (χ3n) is 5.80. The number of amides is 1. The van der Waals surface area contributed by atoms with Crippen molar-refractivity contribution in [3.05, 3.63) is 57.3 Å². The van der Waals surface area contributed by atoms with E-state index in [9.17, 15) is 9.59 Å². The van der Waals surface area contributed by atoms with E-state index < -0.39 is 0 Å². The molecule has 0 aromatic carbocycles. The van der Waals surface area contributed by atoms with Crippen LogP contribution in [0.5, 0.6) is 0 Å². The molecular formula is C21H28Cl2N6O2. The average Bonchev–Trinajstić information content (AvgIpc) is 3.01. The molecule has 3 aromatic rings. The SMILES string of the molecule is Cc1nc2c(c(C)c1CCC(=O)N1CCNCC1c1cccnc1)c(=O)[nH]n2C.Cl.Cl. The summed E-state index contributed by atoms with van der Waals surface area (Å²) >= 11 is 0. The molecule has 31 heavy (non-hydrogen) atoms. The maximum atomic E-state index is 13.1. The molecule has 1 unspecified atom stereocenters. The zero-order valence-electron chi connectivity index (χ0n) is 17.8. The minimum absolute atomic E-state index is 0. The van der Waals surface area contributed by atoms with E-state index in [-0.39, 0.29) is 42.3 Å². The van der Waals surface area contributed by atoms with Crippen molar-refractivity contribution in [2.24, 2.45) is 7.05 Å². The van der Waals surface area contributed by atoms with Crippen molar-refractivity contribution >= 4 is 41.8 Å². The lowest BCUT2D eigenvalue weighted by molar-refractivity contribution is -0.134. The van der Waals surface area contributed by atoms with Gasteiger partial charge >= 0.3 is 0 Å². The second-order valence-corrected chi connectivity index (χ2v) is 7.59. The Hall–Kier alpha value is -2.42. The van der Waals surface area contributed by atoms with Crippen LogP contribution in [0.25, 0.3) is 11.0 Å². The summed E-state index contributed by atoms with van der Waals surface area (Å²) < 4.78 is 1.64. The standard InChI is InChI=1S/C21H26N6O2.2ClH/c1-13-16(14(2)24-20-19(13)21(29)25-26(20)3)6-7-18(28)27-10-9-23-12-17(27)15-5-4-8-22-11-15;;/h4-5,8,11,17,23H,6-7,9-10,12H2,1-3H3,(H,25,29);2*1H. The Kier molecular flexibility index (Phi) is 8.22. The van der Waals surface area contributed by atoms with Gasteiger partial charge in [-0.3, -0.25) is 24.4 Å². The Morgan fingerprint density at radius 1 is 1.29 bits per heavy atom. The van der Waals surface area contributed by atoms with E-state index in [1.54, 1.807) is 17.9 Å². The van der Waals surface area contributed by atoms with Crippen LogP contribution < -0.4 is 10.9 Å². The van der Waals surface area contributed by atoms with Crippen LogP contribution in [-0.2, 0) is 18.3 Å². The fourth-order valence-corrected chi connectivity index (χ4v) is 4.27. The fraction of sp³-hybridized carbons (Fsp3) is 0.429. The number of nitrogens with zero attached hydrogens (tertiary/aromatic N) is 4. The molecule has 0 spiro atoms. The Morgan fingerprint density at radius 3 is 2.77 bits per heavy atom. The summed E-state index contributed by atoms with van der Waals surface area (Å²) in [6.45, 7) is 6.06. The molecule has 3 aromatic heterocycles. The van der Waals surface area contributed by atoms with Gasteiger partial charge in [0.25, 0.3) is 5.56 Å². The van der Waals surface area contributed by atoms with Gasteiger partial charge in [0.05, 0.1) is 11.4 Å². The van der Waals surface area contributed by atoms with E-state index in [0.29, 0.717) is 30.4 Å². The molecule has 1 fully saturated rings. The highest BCUT2D eigenvalue weighted by Crippen LogP contribution is 2.25. The molecule has 1 aliphatic heterocycles. The van der Waals surface area contributed by atoms with Gasteiger partial charge in [0.15, 0.2) is 5.65 Å². The lowest BCUT2D eigenvalue weighted by Crippen LogP contribution is -2.48. The summed E-state index contributed by atoms with van der Waals surface area (Å²) in [6.07, 6.45) is 4.52. The molecule has 1 amide bonds. The third kappa shape index (κ3) is 4.76. The number of carbonyl (C=O) groups is 1. The van der Waals surface area contributed by atoms with Gasteiger partial charge in [0.2, 0.25) is 5.91 Å². The van der Waals surface area contributed by atoms with E-state index in [0.717, 1.165) is 35.5 Å². The zero-order valence-corrected chi connectivity index (χ0v) is 19.5. The molecular weight excluding hydrogens is 439 g/mol. The zero-order chi connectivity index (χ0) is 20.5. The molecule has 1 atom stereocenters. The van der Waals surface area contributed by atoms with Crippen LogP contribution >= 0.6 is 24.8 Å². The summed E-state index contributed by atoms with van der Waals surface area (Å²) in [4.78, 5) is 36.1. The van der Waals surface area contributed by atoms with E-state index in [4.69, 9.17) is 0 Å². The quantitative estimate of drug-likeness (QED) is 0.614. The predicted molar refractivity (Wildman–Crippen MR) is 125 cm³/mol. The molecule has 0 aliphatic carbocycles. The number of aromatic nitrogens is 4. The Bertz CT molecular complexity index is 1110. The average molecular weight is 467 g/mol. The molecule has 2 N–H and O–H groups in total. The van der Waals surface area contributed by atoms with Crippen LogP contribution in [-0.4, -0.2) is 50.2 Å². The van der Waals surface area contributed by atoms with Crippen LogP contribution in [0.1, 0.15) is 34.8 Å². The van der Waals surface area contributed by atoms with Gasteiger partial charge in [0, 0.05) is 51.2 Å². The Labute approximate surface area is 193 Å². The number of fused-ring (bicyclic) bond motifs is 1. The maximum absolute atomic E-state index is 13.1. The molecule has 8 nitrogen and oxygen atoms in total. The number of aryl methyl sites for hydroxylation is 3. The van der Waals surface area contributed by atoms with E-state index in [1.165, 1.54) is 0 Å².